The summed E-state index contributed by atoms with van der Waals surface area (Å²) in [5.41, 5.74) is 7.23. The molecule has 88 valence electrons. The van der Waals surface area contributed by atoms with E-state index in [1.807, 2.05) is 12.1 Å². The number of rotatable bonds is 4. The summed E-state index contributed by atoms with van der Waals surface area (Å²) in [6.07, 6.45) is 4.74. The Labute approximate surface area is 102 Å². The van der Waals surface area contributed by atoms with Gasteiger partial charge in [-0.2, -0.15) is 0 Å². The zero-order valence-electron chi connectivity index (χ0n) is 9.63. The fraction of sp³-hybridized carbons (Fsp3) is 0.538. The van der Waals surface area contributed by atoms with Gasteiger partial charge < -0.3 is 10.5 Å². The minimum atomic E-state index is 0.241. The molecule has 1 aromatic carbocycles. The van der Waals surface area contributed by atoms with Crippen LogP contribution < -0.4 is 10.5 Å². The van der Waals surface area contributed by atoms with Gasteiger partial charge in [0.2, 0.25) is 0 Å². The molecule has 2 nitrogen and oxygen atoms in total. The quantitative estimate of drug-likeness (QED) is 0.876. The maximum absolute atomic E-state index is 5.98. The highest BCUT2D eigenvalue weighted by molar-refractivity contribution is 6.30. The first-order valence-corrected chi connectivity index (χ1v) is 6.14. The first-order valence-electron chi connectivity index (χ1n) is 5.76. The van der Waals surface area contributed by atoms with Gasteiger partial charge in [-0.3, -0.25) is 0 Å². The molecule has 3 heteroatoms. The highest BCUT2D eigenvalue weighted by atomic mass is 35.5. The van der Waals surface area contributed by atoms with Crippen molar-refractivity contribution in [1.82, 2.24) is 0 Å². The van der Waals surface area contributed by atoms with Crippen LogP contribution in [-0.2, 0) is 5.41 Å². The molecule has 0 radical (unpaired) electrons. The van der Waals surface area contributed by atoms with Crippen molar-refractivity contribution >= 4 is 11.6 Å². The average molecular weight is 240 g/mol. The van der Waals surface area contributed by atoms with Crippen LogP contribution in [0.1, 0.15) is 31.2 Å². The molecule has 0 heterocycles. The molecular formula is C13H18ClNO. The lowest BCUT2D eigenvalue weighted by Crippen LogP contribution is -2.36. The van der Waals surface area contributed by atoms with Gasteiger partial charge >= 0.3 is 0 Å². The van der Waals surface area contributed by atoms with E-state index in [-0.39, 0.29) is 5.41 Å². The van der Waals surface area contributed by atoms with Crippen molar-refractivity contribution in [1.29, 1.82) is 0 Å². The van der Waals surface area contributed by atoms with Crippen LogP contribution in [0.25, 0.3) is 0 Å². The molecule has 2 N–H and O–H groups in total. The van der Waals surface area contributed by atoms with Crippen molar-refractivity contribution in [2.45, 2.75) is 31.1 Å². The van der Waals surface area contributed by atoms with E-state index in [4.69, 9.17) is 22.1 Å². The molecule has 0 amide bonds. The van der Waals surface area contributed by atoms with E-state index in [0.717, 1.165) is 23.7 Å². The normalized spacial score (nSPS) is 17.9. The highest BCUT2D eigenvalue weighted by Crippen LogP contribution is 2.49. The summed E-state index contributed by atoms with van der Waals surface area (Å²) in [6, 6.07) is 5.93. The smallest absolute Gasteiger partial charge is 0.124 e. The Morgan fingerprint density at radius 2 is 2.19 bits per heavy atom. The monoisotopic (exact) mass is 239 g/mol. The molecule has 16 heavy (non-hydrogen) atoms. The molecule has 0 bridgehead atoms. The number of hydrogen-bond donors (Lipinski definition) is 1. The molecule has 0 saturated heterocycles. The maximum atomic E-state index is 5.98. The molecular weight excluding hydrogens is 222 g/mol. The van der Waals surface area contributed by atoms with Gasteiger partial charge in [-0.25, -0.2) is 0 Å². The van der Waals surface area contributed by atoms with Gasteiger partial charge in [0, 0.05) is 16.0 Å². The molecule has 0 aromatic heterocycles. The standard InChI is InChI=1S/C13H18ClNO/c1-16-12-9-10(14)3-4-11(12)13(7-8-15)5-2-6-13/h3-4,9H,2,5-8,15H2,1H3. The molecule has 1 aliphatic carbocycles. The number of nitrogens with two attached hydrogens (primary N) is 1. The van der Waals surface area contributed by atoms with Crippen LogP contribution in [0.3, 0.4) is 0 Å². The Hall–Kier alpha value is -0.730. The zero-order chi connectivity index (χ0) is 11.6. The summed E-state index contributed by atoms with van der Waals surface area (Å²) in [5, 5.41) is 0.725. The summed E-state index contributed by atoms with van der Waals surface area (Å²) in [6.45, 7) is 0.728. The first kappa shape index (κ1) is 11.7. The highest BCUT2D eigenvalue weighted by Gasteiger charge is 2.39. The number of halogens is 1. The number of benzene rings is 1. The van der Waals surface area contributed by atoms with Crippen LogP contribution in [0, 0.1) is 0 Å². The molecule has 2 rings (SSSR count). The van der Waals surface area contributed by atoms with Crippen LogP contribution in [0.2, 0.25) is 5.02 Å². The number of ether oxygens (including phenoxy) is 1. The van der Waals surface area contributed by atoms with Gasteiger partial charge in [0.25, 0.3) is 0 Å². The number of hydrogen-bond acceptors (Lipinski definition) is 2. The number of methoxy groups -OCH3 is 1. The molecule has 0 spiro atoms. The summed E-state index contributed by atoms with van der Waals surface area (Å²) >= 11 is 5.98. The van der Waals surface area contributed by atoms with Gasteiger partial charge in [0.1, 0.15) is 5.75 Å². The lowest BCUT2D eigenvalue weighted by molar-refractivity contribution is 0.221. The van der Waals surface area contributed by atoms with Crippen molar-refractivity contribution < 1.29 is 4.74 Å². The zero-order valence-corrected chi connectivity index (χ0v) is 10.4. The van der Waals surface area contributed by atoms with Gasteiger partial charge in [-0.05, 0) is 37.9 Å². The Kier molecular flexibility index (Phi) is 3.41. The second-order valence-electron chi connectivity index (χ2n) is 4.52. The van der Waals surface area contributed by atoms with Crippen molar-refractivity contribution in [3.63, 3.8) is 0 Å². The molecule has 0 aliphatic heterocycles. The van der Waals surface area contributed by atoms with Crippen molar-refractivity contribution in [3.8, 4) is 5.75 Å². The van der Waals surface area contributed by atoms with E-state index in [1.54, 1.807) is 7.11 Å². The lowest BCUT2D eigenvalue weighted by Gasteiger charge is -2.43. The van der Waals surface area contributed by atoms with E-state index in [0.29, 0.717) is 0 Å². The molecule has 0 unspecified atom stereocenters. The third-order valence-corrected chi connectivity index (χ3v) is 3.90. The Balaban J connectivity index is 2.37. The Morgan fingerprint density at radius 1 is 1.44 bits per heavy atom. The minimum absolute atomic E-state index is 0.241. The fourth-order valence-electron chi connectivity index (χ4n) is 2.64. The van der Waals surface area contributed by atoms with Crippen LogP contribution >= 0.6 is 11.6 Å². The molecule has 1 saturated carbocycles. The summed E-state index contributed by atoms with van der Waals surface area (Å²) in [5.74, 6) is 0.903. The van der Waals surface area contributed by atoms with E-state index in [9.17, 15) is 0 Å². The van der Waals surface area contributed by atoms with E-state index in [1.165, 1.54) is 24.8 Å². The van der Waals surface area contributed by atoms with Crippen molar-refractivity contribution in [2.75, 3.05) is 13.7 Å². The van der Waals surface area contributed by atoms with Gasteiger partial charge in [0.05, 0.1) is 7.11 Å². The Morgan fingerprint density at radius 3 is 2.69 bits per heavy atom. The predicted molar refractivity (Wildman–Crippen MR) is 67.2 cm³/mol. The molecule has 1 aliphatic rings. The van der Waals surface area contributed by atoms with E-state index in [2.05, 4.69) is 6.07 Å². The molecule has 1 fully saturated rings. The Bertz CT molecular complexity index is 374. The minimum Gasteiger partial charge on any atom is -0.496 e. The van der Waals surface area contributed by atoms with Gasteiger partial charge in [-0.1, -0.05) is 24.1 Å². The molecule has 0 atom stereocenters. The van der Waals surface area contributed by atoms with E-state index < -0.39 is 0 Å². The van der Waals surface area contributed by atoms with Crippen LogP contribution in [-0.4, -0.2) is 13.7 Å². The summed E-state index contributed by atoms with van der Waals surface area (Å²) in [7, 11) is 1.70. The maximum Gasteiger partial charge on any atom is 0.124 e. The predicted octanol–water partition coefficient (Wildman–Crippen LogP) is 3.12. The van der Waals surface area contributed by atoms with Gasteiger partial charge in [-0.15, -0.1) is 0 Å². The third kappa shape index (κ3) is 1.92. The van der Waals surface area contributed by atoms with Crippen LogP contribution in [0.15, 0.2) is 18.2 Å². The first-order chi connectivity index (χ1) is 7.72. The van der Waals surface area contributed by atoms with Gasteiger partial charge in [0.15, 0.2) is 0 Å². The van der Waals surface area contributed by atoms with Crippen LogP contribution in [0.4, 0.5) is 0 Å². The SMILES string of the molecule is COc1cc(Cl)ccc1C1(CCN)CCC1. The average Bonchev–Trinajstić information content (AvgIpc) is 2.24. The molecule has 1 aromatic rings. The third-order valence-electron chi connectivity index (χ3n) is 3.67. The summed E-state index contributed by atoms with van der Waals surface area (Å²) in [4.78, 5) is 0. The van der Waals surface area contributed by atoms with Crippen molar-refractivity contribution in [2.24, 2.45) is 5.73 Å². The summed E-state index contributed by atoms with van der Waals surface area (Å²) < 4.78 is 5.43. The van der Waals surface area contributed by atoms with Crippen LogP contribution in [0.5, 0.6) is 5.75 Å². The second kappa shape index (κ2) is 4.64. The van der Waals surface area contributed by atoms with E-state index >= 15 is 0 Å². The lowest BCUT2D eigenvalue weighted by atomic mass is 9.62. The fourth-order valence-corrected chi connectivity index (χ4v) is 2.80. The van der Waals surface area contributed by atoms with Crippen molar-refractivity contribution in [3.05, 3.63) is 28.8 Å². The topological polar surface area (TPSA) is 35.2 Å². The second-order valence-corrected chi connectivity index (χ2v) is 4.95. The largest absolute Gasteiger partial charge is 0.496 e.